The summed E-state index contributed by atoms with van der Waals surface area (Å²) in [5, 5.41) is 0. The molecule has 2 N–H and O–H groups in total. The molecule has 2 fully saturated rings. The van der Waals surface area contributed by atoms with Gasteiger partial charge in [0.2, 0.25) is 5.91 Å². The van der Waals surface area contributed by atoms with Crippen molar-refractivity contribution in [3.63, 3.8) is 0 Å². The molecule has 3 nitrogen and oxygen atoms in total. The van der Waals surface area contributed by atoms with Gasteiger partial charge in [-0.15, -0.1) is 0 Å². The molecule has 1 amide bonds. The molecule has 2 bridgehead atoms. The van der Waals surface area contributed by atoms with Gasteiger partial charge in [-0.05, 0) is 25.7 Å². The third-order valence-corrected chi connectivity index (χ3v) is 3.13. The lowest BCUT2D eigenvalue weighted by atomic mass is 9.98. The Balaban J connectivity index is 2.14. The van der Waals surface area contributed by atoms with E-state index in [4.69, 9.17) is 5.73 Å². The monoisotopic (exact) mass is 168 g/mol. The summed E-state index contributed by atoms with van der Waals surface area (Å²) in [5.74, 6) is 0.231. The van der Waals surface area contributed by atoms with Crippen molar-refractivity contribution in [2.24, 2.45) is 5.73 Å². The second-order valence-electron chi connectivity index (χ2n) is 4.04. The molecule has 0 unspecified atom stereocenters. The Morgan fingerprint density at radius 2 is 1.83 bits per heavy atom. The number of amides is 1. The summed E-state index contributed by atoms with van der Waals surface area (Å²) in [5.41, 5.74) is 5.88. The van der Waals surface area contributed by atoms with Crippen molar-refractivity contribution in [3.8, 4) is 0 Å². The van der Waals surface area contributed by atoms with Gasteiger partial charge in [0.05, 0.1) is 0 Å². The van der Waals surface area contributed by atoms with Crippen LogP contribution in [0.4, 0.5) is 0 Å². The molecule has 0 spiro atoms. The van der Waals surface area contributed by atoms with E-state index in [0.717, 1.165) is 25.7 Å². The first kappa shape index (κ1) is 8.05. The minimum Gasteiger partial charge on any atom is -0.337 e. The lowest BCUT2D eigenvalue weighted by Gasteiger charge is -2.37. The van der Waals surface area contributed by atoms with E-state index < -0.39 is 0 Å². The third-order valence-electron chi connectivity index (χ3n) is 3.13. The van der Waals surface area contributed by atoms with Crippen LogP contribution in [0.2, 0.25) is 0 Å². The van der Waals surface area contributed by atoms with E-state index in [1.807, 2.05) is 4.90 Å². The lowest BCUT2D eigenvalue weighted by molar-refractivity contribution is -0.133. The van der Waals surface area contributed by atoms with Crippen molar-refractivity contribution in [1.82, 2.24) is 4.90 Å². The molecule has 0 aliphatic carbocycles. The number of piperidine rings is 1. The first-order chi connectivity index (χ1) is 5.68. The number of hydrogen-bond acceptors (Lipinski definition) is 2. The number of hydrogen-bond donors (Lipinski definition) is 1. The molecule has 2 aliphatic rings. The Morgan fingerprint density at radius 3 is 2.25 bits per heavy atom. The van der Waals surface area contributed by atoms with Gasteiger partial charge in [-0.1, -0.05) is 0 Å². The van der Waals surface area contributed by atoms with E-state index in [1.165, 1.54) is 0 Å². The van der Waals surface area contributed by atoms with Crippen molar-refractivity contribution in [1.29, 1.82) is 0 Å². The molecular formula is C9H16N2O. The average molecular weight is 168 g/mol. The van der Waals surface area contributed by atoms with Gasteiger partial charge in [0, 0.05) is 25.0 Å². The number of fused-ring (bicyclic) bond motifs is 2. The molecule has 0 saturated carbocycles. The standard InChI is InChI=1S/C9H16N2O/c1-6(12)11-8-2-3-9(11)5-7(10)4-8/h7-9H,2-5,10H2,1H3/t7-,8-,9+. The van der Waals surface area contributed by atoms with Gasteiger partial charge in [-0.3, -0.25) is 4.79 Å². The van der Waals surface area contributed by atoms with E-state index in [9.17, 15) is 4.79 Å². The maximum absolute atomic E-state index is 11.3. The van der Waals surface area contributed by atoms with E-state index in [2.05, 4.69) is 0 Å². The van der Waals surface area contributed by atoms with Gasteiger partial charge in [-0.25, -0.2) is 0 Å². The highest BCUT2D eigenvalue weighted by atomic mass is 16.2. The molecule has 2 saturated heterocycles. The Kier molecular flexibility index (Phi) is 1.83. The second-order valence-corrected chi connectivity index (χ2v) is 4.04. The normalized spacial score (nSPS) is 40.2. The van der Waals surface area contributed by atoms with Gasteiger partial charge in [0.1, 0.15) is 0 Å². The predicted octanol–water partition coefficient (Wildman–Crippen LogP) is 0.487. The number of carbonyl (C=O) groups is 1. The van der Waals surface area contributed by atoms with Crippen molar-refractivity contribution in [2.45, 2.75) is 50.7 Å². The molecule has 2 rings (SSSR count). The van der Waals surface area contributed by atoms with E-state index in [0.29, 0.717) is 18.1 Å². The lowest BCUT2D eigenvalue weighted by Crippen LogP contribution is -2.49. The predicted molar refractivity (Wildman–Crippen MR) is 46.5 cm³/mol. The van der Waals surface area contributed by atoms with Gasteiger partial charge >= 0.3 is 0 Å². The molecule has 12 heavy (non-hydrogen) atoms. The van der Waals surface area contributed by atoms with Crippen LogP contribution in [0.15, 0.2) is 0 Å². The summed E-state index contributed by atoms with van der Waals surface area (Å²) in [6.07, 6.45) is 4.35. The minimum atomic E-state index is 0.231. The maximum Gasteiger partial charge on any atom is 0.219 e. The Labute approximate surface area is 72.9 Å². The largest absolute Gasteiger partial charge is 0.337 e. The van der Waals surface area contributed by atoms with E-state index in [-0.39, 0.29) is 5.91 Å². The molecule has 2 heterocycles. The summed E-state index contributed by atoms with van der Waals surface area (Å²) in [4.78, 5) is 13.3. The molecule has 0 radical (unpaired) electrons. The van der Waals surface area contributed by atoms with Gasteiger partial charge in [0.25, 0.3) is 0 Å². The quantitative estimate of drug-likeness (QED) is 0.572. The van der Waals surface area contributed by atoms with Crippen LogP contribution in [0.3, 0.4) is 0 Å². The van der Waals surface area contributed by atoms with Crippen molar-refractivity contribution in [3.05, 3.63) is 0 Å². The fraction of sp³-hybridized carbons (Fsp3) is 0.889. The topological polar surface area (TPSA) is 46.3 Å². The fourth-order valence-corrected chi connectivity index (χ4v) is 2.73. The molecule has 68 valence electrons. The molecule has 3 atom stereocenters. The van der Waals surface area contributed by atoms with Gasteiger partial charge in [-0.2, -0.15) is 0 Å². The van der Waals surface area contributed by atoms with Crippen molar-refractivity contribution < 1.29 is 4.79 Å². The summed E-state index contributed by atoms with van der Waals surface area (Å²) in [7, 11) is 0. The van der Waals surface area contributed by atoms with Crippen molar-refractivity contribution in [2.75, 3.05) is 0 Å². The Bertz CT molecular complexity index is 191. The third kappa shape index (κ3) is 1.12. The highest BCUT2D eigenvalue weighted by molar-refractivity contribution is 5.74. The first-order valence-corrected chi connectivity index (χ1v) is 4.73. The summed E-state index contributed by atoms with van der Waals surface area (Å²) >= 11 is 0. The molecule has 0 aromatic heterocycles. The fourth-order valence-electron chi connectivity index (χ4n) is 2.73. The van der Waals surface area contributed by atoms with Crippen LogP contribution < -0.4 is 5.73 Å². The van der Waals surface area contributed by atoms with Crippen LogP contribution in [0.1, 0.15) is 32.6 Å². The zero-order valence-electron chi connectivity index (χ0n) is 7.49. The Hall–Kier alpha value is -0.570. The van der Waals surface area contributed by atoms with Gasteiger partial charge < -0.3 is 10.6 Å². The SMILES string of the molecule is CC(=O)N1[C@@H]2CC[C@H]1C[C@H](N)C2. The number of carbonyl (C=O) groups excluding carboxylic acids is 1. The van der Waals surface area contributed by atoms with Crippen LogP contribution in [-0.2, 0) is 4.79 Å². The van der Waals surface area contributed by atoms with Crippen LogP contribution in [0.25, 0.3) is 0 Å². The average Bonchev–Trinajstić information content (AvgIpc) is 2.24. The molecule has 2 aliphatic heterocycles. The van der Waals surface area contributed by atoms with E-state index >= 15 is 0 Å². The van der Waals surface area contributed by atoms with Crippen molar-refractivity contribution >= 4 is 5.91 Å². The molecular weight excluding hydrogens is 152 g/mol. The minimum absolute atomic E-state index is 0.231. The zero-order valence-corrected chi connectivity index (χ0v) is 7.49. The summed E-state index contributed by atoms with van der Waals surface area (Å²) < 4.78 is 0. The van der Waals surface area contributed by atoms with E-state index in [1.54, 1.807) is 6.92 Å². The molecule has 0 aromatic carbocycles. The second kappa shape index (κ2) is 2.73. The molecule has 3 heteroatoms. The maximum atomic E-state index is 11.3. The number of rotatable bonds is 0. The number of nitrogens with two attached hydrogens (primary N) is 1. The van der Waals surface area contributed by atoms with Gasteiger partial charge in [0.15, 0.2) is 0 Å². The first-order valence-electron chi connectivity index (χ1n) is 4.73. The summed E-state index contributed by atoms with van der Waals surface area (Å²) in [6.45, 7) is 1.67. The zero-order chi connectivity index (χ0) is 8.72. The van der Waals surface area contributed by atoms with Crippen LogP contribution in [0, 0.1) is 0 Å². The number of nitrogens with zero attached hydrogens (tertiary/aromatic N) is 1. The molecule has 0 aromatic rings. The smallest absolute Gasteiger partial charge is 0.219 e. The van der Waals surface area contributed by atoms with Crippen LogP contribution >= 0.6 is 0 Å². The highest BCUT2D eigenvalue weighted by Gasteiger charge is 2.40. The highest BCUT2D eigenvalue weighted by Crippen LogP contribution is 2.34. The van der Waals surface area contributed by atoms with Crippen LogP contribution in [0.5, 0.6) is 0 Å². The van der Waals surface area contributed by atoms with Crippen LogP contribution in [-0.4, -0.2) is 28.9 Å². The Morgan fingerprint density at radius 1 is 1.33 bits per heavy atom. The summed E-state index contributed by atoms with van der Waals surface area (Å²) in [6, 6.07) is 1.24.